The van der Waals surface area contributed by atoms with Gasteiger partial charge in [-0.3, -0.25) is 9.69 Å². The van der Waals surface area contributed by atoms with Crippen LogP contribution in [0.15, 0.2) is 41.3 Å². The van der Waals surface area contributed by atoms with Gasteiger partial charge in [0.15, 0.2) is 5.82 Å². The first kappa shape index (κ1) is 34.7. The SMILES string of the molecule is C[C@@H]1C(=O)N(C)c2ccc(Nc3cccc(S(=O)(=O)N4CCN(CC(F)(F)F)CC4)c3)nc2N1C1CCN(C(=O)O)C(C(C)(C)C)C1. The molecule has 5 rings (SSSR count). The number of aromatic nitrogens is 1. The lowest BCUT2D eigenvalue weighted by atomic mass is 9.78. The molecular formula is C31H42F3N7O5S. The van der Waals surface area contributed by atoms with Gasteiger partial charge in [-0.25, -0.2) is 18.2 Å². The molecule has 2 aromatic rings. The number of fused-ring (bicyclic) bond motifs is 1. The Morgan fingerprint density at radius 3 is 2.36 bits per heavy atom. The monoisotopic (exact) mass is 681 g/mol. The van der Waals surface area contributed by atoms with E-state index in [1.54, 1.807) is 36.2 Å². The average molecular weight is 682 g/mol. The number of rotatable bonds is 6. The minimum atomic E-state index is -4.35. The topological polar surface area (TPSA) is 130 Å². The summed E-state index contributed by atoms with van der Waals surface area (Å²) in [5, 5.41) is 13.1. The Bertz CT molecular complexity index is 1610. The number of alkyl halides is 3. The number of benzene rings is 1. The summed E-state index contributed by atoms with van der Waals surface area (Å²) in [6, 6.07) is 8.66. The van der Waals surface area contributed by atoms with Crippen LogP contribution >= 0.6 is 0 Å². The number of sulfonamides is 1. The summed E-state index contributed by atoms with van der Waals surface area (Å²) in [4.78, 5) is 36.5. The van der Waals surface area contributed by atoms with Crippen LogP contribution in [0.2, 0.25) is 0 Å². The van der Waals surface area contributed by atoms with Crippen molar-refractivity contribution in [3.05, 3.63) is 36.4 Å². The Kier molecular flexibility index (Phi) is 9.42. The van der Waals surface area contributed by atoms with Gasteiger partial charge in [0.25, 0.3) is 0 Å². The largest absolute Gasteiger partial charge is 0.465 e. The Hall–Kier alpha value is -3.63. The predicted octanol–water partition coefficient (Wildman–Crippen LogP) is 4.42. The number of likely N-dealkylation sites (tertiary alicyclic amines) is 1. The number of hydrogen-bond acceptors (Lipinski definition) is 8. The summed E-state index contributed by atoms with van der Waals surface area (Å²) >= 11 is 0. The van der Waals surface area contributed by atoms with Gasteiger partial charge in [0.2, 0.25) is 15.9 Å². The molecule has 2 saturated heterocycles. The van der Waals surface area contributed by atoms with E-state index in [0.717, 1.165) is 0 Å². The molecule has 16 heteroatoms. The van der Waals surface area contributed by atoms with Crippen LogP contribution in [-0.4, -0.2) is 115 Å². The highest BCUT2D eigenvalue weighted by molar-refractivity contribution is 7.89. The number of piperazine rings is 1. The number of nitrogens with zero attached hydrogens (tertiary/aromatic N) is 6. The second-order valence-electron chi connectivity index (χ2n) is 13.5. The molecule has 2 unspecified atom stereocenters. The zero-order chi connectivity index (χ0) is 34.5. The molecule has 4 heterocycles. The van der Waals surface area contributed by atoms with Crippen molar-refractivity contribution < 1.29 is 36.3 Å². The summed E-state index contributed by atoms with van der Waals surface area (Å²) in [6.45, 7) is 6.93. The van der Waals surface area contributed by atoms with Crippen LogP contribution < -0.4 is 15.1 Å². The number of halogens is 3. The van der Waals surface area contributed by atoms with Crippen LogP contribution in [0.4, 0.5) is 41.0 Å². The molecule has 12 nitrogen and oxygen atoms in total. The molecule has 2 amide bonds. The third kappa shape index (κ3) is 7.28. The molecule has 0 spiro atoms. The standard InChI is InChI=1S/C31H42F3N7O5S/c1-20-28(42)37(5)24-9-10-26(36-27(24)41(20)22-11-12-40(29(43)44)25(18-22)30(2,3)4)35-21-7-6-8-23(17-21)47(45,46)39-15-13-38(14-16-39)19-31(32,33)34/h6-10,17,20,22,25H,11-16,18-19H2,1-5H3,(H,35,36)(H,43,44)/t20-,22?,25?/m1/s1. The van der Waals surface area contributed by atoms with Crippen molar-refractivity contribution >= 4 is 45.0 Å². The minimum Gasteiger partial charge on any atom is -0.465 e. The van der Waals surface area contributed by atoms with Crippen LogP contribution in [0.3, 0.4) is 0 Å². The number of pyridine rings is 1. The summed E-state index contributed by atoms with van der Waals surface area (Å²) in [7, 11) is -2.28. The zero-order valence-corrected chi connectivity index (χ0v) is 28.0. The maximum absolute atomic E-state index is 13.4. The van der Waals surface area contributed by atoms with Gasteiger partial charge >= 0.3 is 12.3 Å². The number of hydrogen-bond donors (Lipinski definition) is 2. The number of carbonyl (C=O) groups excluding carboxylic acids is 1. The number of likely N-dealkylation sites (N-methyl/N-ethyl adjacent to an activating group) is 1. The lowest BCUT2D eigenvalue weighted by Crippen LogP contribution is -2.61. The van der Waals surface area contributed by atoms with Crippen molar-refractivity contribution in [1.82, 2.24) is 19.1 Å². The Morgan fingerprint density at radius 2 is 1.74 bits per heavy atom. The van der Waals surface area contributed by atoms with E-state index in [2.05, 4.69) is 5.32 Å². The highest BCUT2D eigenvalue weighted by atomic mass is 32.2. The molecule has 1 aromatic heterocycles. The van der Waals surface area contributed by atoms with Gasteiger partial charge in [-0.15, -0.1) is 0 Å². The van der Waals surface area contributed by atoms with E-state index in [-0.39, 0.29) is 54.5 Å². The fraction of sp³-hybridized carbons (Fsp3) is 0.581. The summed E-state index contributed by atoms with van der Waals surface area (Å²) in [6.07, 6.45) is -4.29. The quantitative estimate of drug-likeness (QED) is 0.455. The third-order valence-electron chi connectivity index (χ3n) is 9.26. The second kappa shape index (κ2) is 12.8. The fourth-order valence-electron chi connectivity index (χ4n) is 6.82. The molecule has 1 aromatic carbocycles. The van der Waals surface area contributed by atoms with Crippen molar-refractivity contribution in [2.24, 2.45) is 5.41 Å². The molecule has 2 N–H and O–H groups in total. The number of carbonyl (C=O) groups is 2. The Balaban J connectivity index is 1.38. The number of carboxylic acid groups (broad SMARTS) is 1. The van der Waals surface area contributed by atoms with Crippen molar-refractivity contribution in [2.75, 3.05) is 61.4 Å². The van der Waals surface area contributed by atoms with Crippen LogP contribution in [0.1, 0.15) is 40.5 Å². The van der Waals surface area contributed by atoms with E-state index in [0.29, 0.717) is 42.4 Å². The van der Waals surface area contributed by atoms with E-state index in [4.69, 9.17) is 4.98 Å². The highest BCUT2D eigenvalue weighted by Gasteiger charge is 2.45. The number of amides is 2. The normalized spacial score (nSPS) is 23.5. The van der Waals surface area contributed by atoms with Crippen LogP contribution in [0.25, 0.3) is 0 Å². The molecule has 0 bridgehead atoms. The van der Waals surface area contributed by atoms with E-state index in [1.807, 2.05) is 32.6 Å². The van der Waals surface area contributed by atoms with Crippen molar-refractivity contribution in [1.29, 1.82) is 0 Å². The Labute approximate surface area is 273 Å². The van der Waals surface area contributed by atoms with Gasteiger partial charge in [-0.1, -0.05) is 26.8 Å². The minimum absolute atomic E-state index is 0.00345. The summed E-state index contributed by atoms with van der Waals surface area (Å²) < 4.78 is 66.4. The van der Waals surface area contributed by atoms with Gasteiger partial charge in [-0.2, -0.15) is 17.5 Å². The molecule has 3 aliphatic rings. The third-order valence-corrected chi connectivity index (χ3v) is 11.2. The zero-order valence-electron chi connectivity index (χ0n) is 27.2. The first-order valence-electron chi connectivity index (χ1n) is 15.6. The number of nitrogens with one attached hydrogen (secondary N) is 1. The molecular weight excluding hydrogens is 639 g/mol. The lowest BCUT2D eigenvalue weighted by molar-refractivity contribution is -0.148. The Morgan fingerprint density at radius 1 is 1.06 bits per heavy atom. The number of piperidine rings is 1. The molecule has 0 saturated carbocycles. The molecule has 3 aliphatic heterocycles. The van der Waals surface area contributed by atoms with Gasteiger partial charge in [0.1, 0.15) is 11.9 Å². The van der Waals surface area contributed by atoms with E-state index in [9.17, 15) is 36.3 Å². The molecule has 3 atom stereocenters. The predicted molar refractivity (Wildman–Crippen MR) is 172 cm³/mol. The second-order valence-corrected chi connectivity index (χ2v) is 15.4. The highest BCUT2D eigenvalue weighted by Crippen LogP contribution is 2.41. The van der Waals surface area contributed by atoms with E-state index < -0.39 is 34.9 Å². The van der Waals surface area contributed by atoms with Gasteiger partial charge in [0, 0.05) is 57.5 Å². The fourth-order valence-corrected chi connectivity index (χ4v) is 8.28. The van der Waals surface area contributed by atoms with Crippen LogP contribution in [0.5, 0.6) is 0 Å². The molecule has 47 heavy (non-hydrogen) atoms. The average Bonchev–Trinajstić information content (AvgIpc) is 2.99. The molecule has 0 aliphatic carbocycles. The smallest absolute Gasteiger partial charge is 0.407 e. The maximum atomic E-state index is 13.4. The van der Waals surface area contributed by atoms with Crippen LogP contribution in [0, 0.1) is 5.41 Å². The van der Waals surface area contributed by atoms with Gasteiger partial charge in [0.05, 0.1) is 17.1 Å². The van der Waals surface area contributed by atoms with Gasteiger partial charge in [-0.05, 0) is 55.5 Å². The molecule has 2 fully saturated rings. The van der Waals surface area contributed by atoms with Crippen molar-refractivity contribution in [2.45, 2.75) is 69.7 Å². The van der Waals surface area contributed by atoms with Crippen molar-refractivity contribution in [3.8, 4) is 0 Å². The van der Waals surface area contributed by atoms with E-state index >= 15 is 0 Å². The number of anilines is 4. The summed E-state index contributed by atoms with van der Waals surface area (Å²) in [5.41, 5.74) is 0.711. The first-order chi connectivity index (χ1) is 21.9. The summed E-state index contributed by atoms with van der Waals surface area (Å²) in [5.74, 6) is 0.867. The molecule has 0 radical (unpaired) electrons. The van der Waals surface area contributed by atoms with Gasteiger partial charge < -0.3 is 25.1 Å². The van der Waals surface area contributed by atoms with Crippen LogP contribution in [-0.2, 0) is 14.8 Å². The van der Waals surface area contributed by atoms with E-state index in [1.165, 1.54) is 26.2 Å². The lowest BCUT2D eigenvalue weighted by Gasteiger charge is -2.50. The maximum Gasteiger partial charge on any atom is 0.407 e. The molecule has 258 valence electrons. The van der Waals surface area contributed by atoms with Crippen molar-refractivity contribution in [3.63, 3.8) is 0 Å². The first-order valence-corrected chi connectivity index (χ1v) is 17.0.